The second-order valence-corrected chi connectivity index (χ2v) is 5.52. The summed E-state index contributed by atoms with van der Waals surface area (Å²) in [5, 5.41) is 3.73. The number of hydrogen-bond acceptors (Lipinski definition) is 2. The maximum absolute atomic E-state index is 3.73. The molecule has 2 nitrogen and oxygen atoms in total. The lowest BCUT2D eigenvalue weighted by atomic mass is 10.0. The number of para-hydroxylation sites is 1. The number of aryl methyl sites for hydroxylation is 1. The van der Waals surface area contributed by atoms with E-state index >= 15 is 0 Å². The van der Waals surface area contributed by atoms with Crippen LogP contribution in [0.25, 0.3) is 0 Å². The lowest BCUT2D eigenvalue weighted by Gasteiger charge is -2.34. The molecule has 1 fully saturated rings. The first-order valence-electron chi connectivity index (χ1n) is 7.27. The molecule has 1 N–H and O–H groups in total. The van der Waals surface area contributed by atoms with Crippen LogP contribution in [0, 0.1) is 6.92 Å². The monoisotopic (exact) mass is 246 g/mol. The SMILES string of the molecule is CCC1CCN(c2ccccc2C)CCC(C)N1. The first-order valence-corrected chi connectivity index (χ1v) is 7.27. The van der Waals surface area contributed by atoms with Crippen LogP contribution in [0.2, 0.25) is 0 Å². The van der Waals surface area contributed by atoms with Gasteiger partial charge in [-0.25, -0.2) is 0 Å². The van der Waals surface area contributed by atoms with Crippen molar-refractivity contribution in [1.82, 2.24) is 5.32 Å². The van der Waals surface area contributed by atoms with Gasteiger partial charge in [0.2, 0.25) is 0 Å². The van der Waals surface area contributed by atoms with Crippen molar-refractivity contribution < 1.29 is 0 Å². The van der Waals surface area contributed by atoms with Gasteiger partial charge in [-0.2, -0.15) is 0 Å². The first-order chi connectivity index (χ1) is 8.70. The van der Waals surface area contributed by atoms with Gasteiger partial charge in [0.25, 0.3) is 0 Å². The molecule has 1 aromatic carbocycles. The third-order valence-corrected chi connectivity index (χ3v) is 4.05. The van der Waals surface area contributed by atoms with Gasteiger partial charge < -0.3 is 10.2 Å². The normalized spacial score (nSPS) is 25.6. The summed E-state index contributed by atoms with van der Waals surface area (Å²) in [7, 11) is 0. The number of anilines is 1. The van der Waals surface area contributed by atoms with Crippen LogP contribution < -0.4 is 10.2 Å². The van der Waals surface area contributed by atoms with Crippen LogP contribution in [0.5, 0.6) is 0 Å². The summed E-state index contributed by atoms with van der Waals surface area (Å²) in [4.78, 5) is 2.56. The molecular weight excluding hydrogens is 220 g/mol. The average molecular weight is 246 g/mol. The van der Waals surface area contributed by atoms with E-state index in [0.717, 1.165) is 6.54 Å². The van der Waals surface area contributed by atoms with E-state index in [1.54, 1.807) is 0 Å². The van der Waals surface area contributed by atoms with E-state index in [-0.39, 0.29) is 0 Å². The van der Waals surface area contributed by atoms with Gasteiger partial charge in [0.05, 0.1) is 0 Å². The van der Waals surface area contributed by atoms with Gasteiger partial charge >= 0.3 is 0 Å². The van der Waals surface area contributed by atoms with Crippen molar-refractivity contribution in [3.8, 4) is 0 Å². The molecule has 1 aromatic rings. The summed E-state index contributed by atoms with van der Waals surface area (Å²) in [5.74, 6) is 0. The molecule has 0 bridgehead atoms. The molecule has 0 aliphatic carbocycles. The van der Waals surface area contributed by atoms with E-state index in [2.05, 4.69) is 55.3 Å². The van der Waals surface area contributed by atoms with Gasteiger partial charge in [-0.3, -0.25) is 0 Å². The van der Waals surface area contributed by atoms with Crippen LogP contribution in [-0.4, -0.2) is 25.2 Å². The fourth-order valence-corrected chi connectivity index (χ4v) is 2.82. The van der Waals surface area contributed by atoms with Crippen molar-refractivity contribution in [1.29, 1.82) is 0 Å². The summed E-state index contributed by atoms with van der Waals surface area (Å²) in [6.07, 6.45) is 3.70. The molecule has 1 aliphatic rings. The van der Waals surface area contributed by atoms with Crippen LogP contribution in [0.1, 0.15) is 38.7 Å². The number of hydrogen-bond donors (Lipinski definition) is 1. The zero-order valence-electron chi connectivity index (χ0n) is 11.9. The molecule has 0 aromatic heterocycles. The van der Waals surface area contributed by atoms with Crippen molar-refractivity contribution in [3.63, 3.8) is 0 Å². The number of benzene rings is 1. The van der Waals surface area contributed by atoms with Crippen LogP contribution >= 0.6 is 0 Å². The van der Waals surface area contributed by atoms with Crippen molar-refractivity contribution in [2.45, 2.75) is 52.1 Å². The minimum atomic E-state index is 0.627. The van der Waals surface area contributed by atoms with Gasteiger partial charge in [-0.1, -0.05) is 25.1 Å². The predicted molar refractivity (Wildman–Crippen MR) is 79.3 cm³/mol. The zero-order chi connectivity index (χ0) is 13.0. The van der Waals surface area contributed by atoms with Gasteiger partial charge in [-0.05, 0) is 44.7 Å². The van der Waals surface area contributed by atoms with Crippen molar-refractivity contribution in [2.24, 2.45) is 0 Å². The summed E-state index contributed by atoms with van der Waals surface area (Å²) in [6.45, 7) is 9.14. The Balaban J connectivity index is 2.10. The number of nitrogens with zero attached hydrogens (tertiary/aromatic N) is 1. The predicted octanol–water partition coefficient (Wildman–Crippen LogP) is 3.35. The maximum atomic E-state index is 3.73. The largest absolute Gasteiger partial charge is 0.371 e. The van der Waals surface area contributed by atoms with Crippen molar-refractivity contribution in [2.75, 3.05) is 18.0 Å². The molecular formula is C16H26N2. The molecule has 18 heavy (non-hydrogen) atoms. The van der Waals surface area contributed by atoms with Gasteiger partial charge in [-0.15, -0.1) is 0 Å². The molecule has 2 heteroatoms. The van der Waals surface area contributed by atoms with Gasteiger partial charge in [0.1, 0.15) is 0 Å². The van der Waals surface area contributed by atoms with Crippen LogP contribution in [0.3, 0.4) is 0 Å². The minimum Gasteiger partial charge on any atom is -0.371 e. The summed E-state index contributed by atoms with van der Waals surface area (Å²) >= 11 is 0. The van der Waals surface area contributed by atoms with E-state index in [4.69, 9.17) is 0 Å². The summed E-state index contributed by atoms with van der Waals surface area (Å²) < 4.78 is 0. The molecule has 0 saturated carbocycles. The number of nitrogens with one attached hydrogen (secondary N) is 1. The molecule has 2 rings (SSSR count). The molecule has 2 unspecified atom stereocenters. The molecule has 1 aliphatic heterocycles. The quantitative estimate of drug-likeness (QED) is 0.861. The van der Waals surface area contributed by atoms with Crippen LogP contribution in [0.4, 0.5) is 5.69 Å². The Labute approximate surface area is 111 Å². The fraction of sp³-hybridized carbons (Fsp3) is 0.625. The molecule has 1 saturated heterocycles. The highest BCUT2D eigenvalue weighted by Gasteiger charge is 2.18. The second-order valence-electron chi connectivity index (χ2n) is 5.52. The molecule has 1 heterocycles. The average Bonchev–Trinajstić information content (AvgIpc) is 2.36. The minimum absolute atomic E-state index is 0.627. The van der Waals surface area contributed by atoms with E-state index in [0.29, 0.717) is 12.1 Å². The van der Waals surface area contributed by atoms with E-state index in [1.807, 2.05) is 0 Å². The van der Waals surface area contributed by atoms with Crippen LogP contribution in [0.15, 0.2) is 24.3 Å². The second kappa shape index (κ2) is 6.24. The Morgan fingerprint density at radius 3 is 2.67 bits per heavy atom. The lowest BCUT2D eigenvalue weighted by molar-refractivity contribution is 0.378. The van der Waals surface area contributed by atoms with E-state index in [1.165, 1.54) is 37.1 Å². The molecule has 100 valence electrons. The Bertz CT molecular complexity index is 375. The molecule has 2 atom stereocenters. The maximum Gasteiger partial charge on any atom is 0.0395 e. The Hall–Kier alpha value is -1.02. The molecule has 0 radical (unpaired) electrons. The van der Waals surface area contributed by atoms with Crippen molar-refractivity contribution >= 4 is 5.69 Å². The summed E-state index contributed by atoms with van der Waals surface area (Å²) in [6, 6.07) is 10.1. The van der Waals surface area contributed by atoms with E-state index in [9.17, 15) is 0 Å². The smallest absolute Gasteiger partial charge is 0.0395 e. The molecule has 0 amide bonds. The lowest BCUT2D eigenvalue weighted by Crippen LogP contribution is -2.44. The molecule has 0 spiro atoms. The van der Waals surface area contributed by atoms with Crippen LogP contribution in [-0.2, 0) is 0 Å². The highest BCUT2D eigenvalue weighted by atomic mass is 15.1. The Morgan fingerprint density at radius 2 is 1.94 bits per heavy atom. The standard InChI is InChI=1S/C16H26N2/c1-4-15-10-12-18(11-9-14(3)17-15)16-8-6-5-7-13(16)2/h5-8,14-15,17H,4,9-12H2,1-3H3. The first kappa shape index (κ1) is 13.4. The van der Waals surface area contributed by atoms with Gasteiger partial charge in [0, 0.05) is 30.9 Å². The third-order valence-electron chi connectivity index (χ3n) is 4.05. The topological polar surface area (TPSA) is 15.3 Å². The Morgan fingerprint density at radius 1 is 1.22 bits per heavy atom. The van der Waals surface area contributed by atoms with Gasteiger partial charge in [0.15, 0.2) is 0 Å². The number of rotatable bonds is 2. The highest BCUT2D eigenvalue weighted by molar-refractivity contribution is 5.52. The Kier molecular flexibility index (Phi) is 4.65. The fourth-order valence-electron chi connectivity index (χ4n) is 2.82. The highest BCUT2D eigenvalue weighted by Crippen LogP contribution is 2.22. The summed E-state index contributed by atoms with van der Waals surface area (Å²) in [5.41, 5.74) is 2.81. The van der Waals surface area contributed by atoms with E-state index < -0.39 is 0 Å². The van der Waals surface area contributed by atoms with Crippen molar-refractivity contribution in [3.05, 3.63) is 29.8 Å². The zero-order valence-corrected chi connectivity index (χ0v) is 11.9. The third kappa shape index (κ3) is 3.26.